The van der Waals surface area contributed by atoms with Gasteiger partial charge in [-0.3, -0.25) is 4.90 Å². The number of benzene rings is 1. The van der Waals surface area contributed by atoms with E-state index in [1.807, 2.05) is 0 Å². The van der Waals surface area contributed by atoms with Gasteiger partial charge in [0.05, 0.1) is 0 Å². The number of hydrogen-bond donors (Lipinski definition) is 0. The first-order valence-electron chi connectivity index (χ1n) is 10.0. The number of likely N-dealkylation sites (tertiary alicyclic amines) is 1. The fraction of sp³-hybridized carbons (Fsp3) is 0.727. The van der Waals surface area contributed by atoms with Crippen molar-refractivity contribution >= 4 is 0 Å². The molecule has 1 heteroatoms. The van der Waals surface area contributed by atoms with Crippen LogP contribution >= 0.6 is 0 Å². The van der Waals surface area contributed by atoms with Gasteiger partial charge in [0.2, 0.25) is 0 Å². The van der Waals surface area contributed by atoms with E-state index >= 15 is 0 Å². The van der Waals surface area contributed by atoms with Gasteiger partial charge >= 0.3 is 0 Å². The summed E-state index contributed by atoms with van der Waals surface area (Å²) in [6.45, 7) is 5.98. The number of aryl methyl sites for hydroxylation is 1. The monoisotopic (exact) mass is 311 g/mol. The van der Waals surface area contributed by atoms with E-state index in [1.165, 1.54) is 56.3 Å². The van der Waals surface area contributed by atoms with E-state index in [1.54, 1.807) is 25.7 Å². The number of fused-ring (bicyclic) bond motifs is 1. The molecule has 1 heterocycles. The van der Waals surface area contributed by atoms with Crippen LogP contribution in [0.5, 0.6) is 0 Å². The van der Waals surface area contributed by atoms with Crippen LogP contribution in [-0.2, 0) is 6.54 Å². The lowest BCUT2D eigenvalue weighted by molar-refractivity contribution is 0.00451. The second kappa shape index (κ2) is 6.59. The molecule has 3 aliphatic rings. The minimum Gasteiger partial charge on any atom is -0.299 e. The van der Waals surface area contributed by atoms with Gasteiger partial charge in [0.15, 0.2) is 0 Å². The molecule has 3 fully saturated rings. The van der Waals surface area contributed by atoms with E-state index in [2.05, 4.69) is 36.1 Å². The zero-order valence-corrected chi connectivity index (χ0v) is 14.9. The lowest BCUT2D eigenvalue weighted by Crippen LogP contribution is -2.44. The number of piperidine rings is 1. The Balaban J connectivity index is 1.32. The van der Waals surface area contributed by atoms with Crippen LogP contribution in [0.25, 0.3) is 0 Å². The highest BCUT2D eigenvalue weighted by Gasteiger charge is 2.42. The molecule has 126 valence electrons. The summed E-state index contributed by atoms with van der Waals surface area (Å²) in [5, 5.41) is 0. The van der Waals surface area contributed by atoms with Gasteiger partial charge in [-0.05, 0) is 74.9 Å². The molecule has 23 heavy (non-hydrogen) atoms. The van der Waals surface area contributed by atoms with Crippen molar-refractivity contribution in [2.24, 2.45) is 17.3 Å². The van der Waals surface area contributed by atoms with E-state index in [-0.39, 0.29) is 0 Å². The fourth-order valence-corrected chi connectivity index (χ4v) is 5.67. The summed E-state index contributed by atoms with van der Waals surface area (Å²) < 4.78 is 0. The molecule has 1 aliphatic heterocycles. The largest absolute Gasteiger partial charge is 0.299 e. The van der Waals surface area contributed by atoms with Crippen LogP contribution in [0.2, 0.25) is 0 Å². The summed E-state index contributed by atoms with van der Waals surface area (Å²) in [6.07, 6.45) is 13.7. The van der Waals surface area contributed by atoms with Gasteiger partial charge in [-0.2, -0.15) is 0 Å². The van der Waals surface area contributed by atoms with Crippen molar-refractivity contribution in [2.45, 2.75) is 71.3 Å². The topological polar surface area (TPSA) is 3.24 Å². The summed E-state index contributed by atoms with van der Waals surface area (Å²) in [5.41, 5.74) is 3.58. The predicted molar refractivity (Wildman–Crippen MR) is 97.4 cm³/mol. The van der Waals surface area contributed by atoms with Crippen molar-refractivity contribution in [3.8, 4) is 0 Å². The van der Waals surface area contributed by atoms with Crippen LogP contribution in [-0.4, -0.2) is 18.0 Å². The average molecular weight is 312 g/mol. The molecular formula is C22H33N. The van der Waals surface area contributed by atoms with Crippen LogP contribution in [0.15, 0.2) is 24.3 Å². The lowest BCUT2D eigenvalue weighted by atomic mass is 9.58. The van der Waals surface area contributed by atoms with Crippen LogP contribution in [0.4, 0.5) is 0 Å². The summed E-state index contributed by atoms with van der Waals surface area (Å²) in [6, 6.07) is 9.14. The lowest BCUT2D eigenvalue weighted by Gasteiger charge is -2.50. The van der Waals surface area contributed by atoms with Crippen LogP contribution in [0, 0.1) is 24.2 Å². The first-order chi connectivity index (χ1) is 11.2. The Morgan fingerprint density at radius 3 is 2.35 bits per heavy atom. The maximum absolute atomic E-state index is 2.70. The summed E-state index contributed by atoms with van der Waals surface area (Å²) in [5.74, 6) is 2.18. The highest BCUT2D eigenvalue weighted by Crippen LogP contribution is 2.52. The first kappa shape index (κ1) is 15.7. The van der Waals surface area contributed by atoms with Crippen molar-refractivity contribution < 1.29 is 0 Å². The molecule has 0 bridgehead atoms. The van der Waals surface area contributed by atoms with Crippen molar-refractivity contribution in [2.75, 3.05) is 13.1 Å². The Kier molecular flexibility index (Phi) is 4.50. The molecule has 1 saturated heterocycles. The SMILES string of the molecule is Cc1ccc(CN2CCC3(CC[C@H]4CCCC[C@@H]4C3)CC2)cc1. The standard InChI is InChI=1S/C22H33N/c1-18-6-8-19(9-7-18)17-23-14-12-22(13-15-23)11-10-20-4-2-3-5-21(20)16-22/h6-9,20-21H,2-5,10-17H2,1H3/t20-,21-/m1/s1. The summed E-state index contributed by atoms with van der Waals surface area (Å²) in [4.78, 5) is 2.70. The number of hydrogen-bond acceptors (Lipinski definition) is 1. The van der Waals surface area contributed by atoms with Gasteiger partial charge in [-0.25, -0.2) is 0 Å². The fourth-order valence-electron chi connectivity index (χ4n) is 5.67. The number of nitrogens with zero attached hydrogens (tertiary/aromatic N) is 1. The molecule has 2 saturated carbocycles. The van der Waals surface area contributed by atoms with E-state index < -0.39 is 0 Å². The Hall–Kier alpha value is -0.820. The first-order valence-corrected chi connectivity index (χ1v) is 10.0. The zero-order chi connectivity index (χ0) is 15.7. The van der Waals surface area contributed by atoms with Crippen molar-refractivity contribution in [1.82, 2.24) is 4.90 Å². The summed E-state index contributed by atoms with van der Waals surface area (Å²) in [7, 11) is 0. The molecule has 0 N–H and O–H groups in total. The maximum Gasteiger partial charge on any atom is 0.0233 e. The second-order valence-electron chi connectivity index (χ2n) is 8.81. The zero-order valence-electron chi connectivity index (χ0n) is 14.9. The maximum atomic E-state index is 2.70. The molecule has 1 aromatic rings. The van der Waals surface area contributed by atoms with Crippen molar-refractivity contribution in [3.63, 3.8) is 0 Å². The minimum atomic E-state index is 0.724. The van der Waals surface area contributed by atoms with Gasteiger partial charge in [0, 0.05) is 6.54 Å². The Morgan fingerprint density at radius 1 is 0.913 bits per heavy atom. The quantitative estimate of drug-likeness (QED) is 0.690. The number of rotatable bonds is 2. The van der Waals surface area contributed by atoms with E-state index in [9.17, 15) is 0 Å². The molecule has 0 radical (unpaired) electrons. The molecule has 2 atom stereocenters. The van der Waals surface area contributed by atoms with Crippen LogP contribution in [0.1, 0.15) is 68.9 Å². The van der Waals surface area contributed by atoms with Crippen molar-refractivity contribution in [3.05, 3.63) is 35.4 Å². The molecule has 1 aromatic carbocycles. The molecular weight excluding hydrogens is 278 g/mol. The molecule has 4 rings (SSSR count). The average Bonchev–Trinajstić information content (AvgIpc) is 2.59. The van der Waals surface area contributed by atoms with Gasteiger partial charge in [0.1, 0.15) is 0 Å². The molecule has 2 aliphatic carbocycles. The van der Waals surface area contributed by atoms with E-state index in [0.29, 0.717) is 0 Å². The molecule has 0 unspecified atom stereocenters. The van der Waals surface area contributed by atoms with Crippen LogP contribution in [0.3, 0.4) is 0 Å². The molecule has 1 spiro atoms. The third-order valence-electron chi connectivity index (χ3n) is 7.25. The van der Waals surface area contributed by atoms with E-state index in [4.69, 9.17) is 0 Å². The van der Waals surface area contributed by atoms with Gasteiger partial charge in [-0.1, -0.05) is 55.5 Å². The normalized spacial score (nSPS) is 31.0. The Labute approximate surface area is 142 Å². The minimum absolute atomic E-state index is 0.724. The molecule has 1 nitrogen and oxygen atoms in total. The third-order valence-corrected chi connectivity index (χ3v) is 7.25. The van der Waals surface area contributed by atoms with Gasteiger partial charge < -0.3 is 0 Å². The molecule has 0 amide bonds. The highest BCUT2D eigenvalue weighted by molar-refractivity contribution is 5.21. The second-order valence-corrected chi connectivity index (χ2v) is 8.81. The van der Waals surface area contributed by atoms with Crippen LogP contribution < -0.4 is 0 Å². The Bertz CT molecular complexity index is 509. The highest BCUT2D eigenvalue weighted by atomic mass is 15.1. The predicted octanol–water partition coefficient (Wildman–Crippen LogP) is 5.57. The van der Waals surface area contributed by atoms with Gasteiger partial charge in [0.25, 0.3) is 0 Å². The molecule has 0 aromatic heterocycles. The summed E-state index contributed by atoms with van der Waals surface area (Å²) >= 11 is 0. The smallest absolute Gasteiger partial charge is 0.0233 e. The van der Waals surface area contributed by atoms with Crippen molar-refractivity contribution in [1.29, 1.82) is 0 Å². The van der Waals surface area contributed by atoms with Gasteiger partial charge in [-0.15, -0.1) is 0 Å². The van der Waals surface area contributed by atoms with E-state index in [0.717, 1.165) is 23.8 Å². The Morgan fingerprint density at radius 2 is 1.61 bits per heavy atom. The third kappa shape index (κ3) is 3.50.